The number of fused-ring (bicyclic) bond motifs is 1. The highest BCUT2D eigenvalue weighted by atomic mass is 32.2. The van der Waals surface area contributed by atoms with E-state index in [-0.39, 0.29) is 29.0 Å². The van der Waals surface area contributed by atoms with Crippen molar-refractivity contribution in [1.82, 2.24) is 14.2 Å². The molecule has 2 heterocycles. The summed E-state index contributed by atoms with van der Waals surface area (Å²) in [5.74, 6) is -0.831. The second-order valence-corrected chi connectivity index (χ2v) is 10.9. The van der Waals surface area contributed by atoms with Gasteiger partial charge in [0.1, 0.15) is 0 Å². The van der Waals surface area contributed by atoms with E-state index in [0.29, 0.717) is 23.4 Å². The molecule has 11 nitrogen and oxygen atoms in total. The summed E-state index contributed by atoms with van der Waals surface area (Å²) in [5, 5.41) is 27.9. The maximum atomic E-state index is 13.1. The lowest BCUT2D eigenvalue weighted by atomic mass is 10.1. The van der Waals surface area contributed by atoms with Crippen LogP contribution in [0, 0.1) is 6.92 Å². The summed E-state index contributed by atoms with van der Waals surface area (Å²) in [6.07, 6.45) is 1.59. The van der Waals surface area contributed by atoms with Crippen LogP contribution in [0.25, 0.3) is 10.9 Å². The summed E-state index contributed by atoms with van der Waals surface area (Å²) in [4.78, 5) is 22.7. The van der Waals surface area contributed by atoms with Crippen molar-refractivity contribution in [2.75, 3.05) is 32.1 Å². The molecule has 4 rings (SSSR count). The predicted molar refractivity (Wildman–Crippen MR) is 134 cm³/mol. The van der Waals surface area contributed by atoms with E-state index in [2.05, 4.69) is 20.1 Å². The summed E-state index contributed by atoms with van der Waals surface area (Å²) in [7, 11) is -0.969. The minimum absolute atomic E-state index is 0.0489. The van der Waals surface area contributed by atoms with E-state index in [1.54, 1.807) is 24.3 Å². The molecule has 1 fully saturated rings. The lowest BCUT2D eigenvalue weighted by molar-refractivity contribution is 0.0992. The zero-order chi connectivity index (χ0) is 26.0. The lowest BCUT2D eigenvalue weighted by Gasteiger charge is -2.27. The molecule has 0 bridgehead atoms. The number of aromatic nitrogens is 1. The monoisotopic (exact) mass is 511 g/mol. The van der Waals surface area contributed by atoms with Crippen LogP contribution < -0.4 is 9.81 Å². The van der Waals surface area contributed by atoms with Gasteiger partial charge in [0.05, 0.1) is 34.3 Å². The molecule has 1 amide bonds. The number of sulfonamides is 1. The Hall–Kier alpha value is -3.70. The summed E-state index contributed by atoms with van der Waals surface area (Å²) in [6, 6.07) is 10.7. The fourth-order valence-electron chi connectivity index (χ4n) is 4.25. The second-order valence-electron chi connectivity index (χ2n) is 8.73. The number of hydrogen-bond donors (Lipinski definition) is 2. The lowest BCUT2D eigenvalue weighted by Crippen LogP contribution is -2.33. The van der Waals surface area contributed by atoms with Gasteiger partial charge >= 0.3 is 5.91 Å². The number of pyridine rings is 1. The topological polar surface area (TPSA) is 150 Å². The average Bonchev–Trinajstić information content (AvgIpc) is 3.32. The Bertz CT molecular complexity index is 1500. The number of amides is 1. The summed E-state index contributed by atoms with van der Waals surface area (Å²) in [5.41, 5.74) is 2.37. The highest BCUT2D eigenvalue weighted by Gasteiger charge is 2.30. The second kappa shape index (κ2) is 10.1. The first kappa shape index (κ1) is 25.4. The number of benzene rings is 2. The molecule has 1 aliphatic heterocycles. The third kappa shape index (κ3) is 4.98. The van der Waals surface area contributed by atoms with E-state index in [9.17, 15) is 23.4 Å². The van der Waals surface area contributed by atoms with Gasteiger partial charge < -0.3 is 15.1 Å². The summed E-state index contributed by atoms with van der Waals surface area (Å²) >= 11 is 0. The molecule has 0 aliphatic carbocycles. The molecule has 0 spiro atoms. The van der Waals surface area contributed by atoms with Crippen LogP contribution >= 0.6 is 0 Å². The molecular weight excluding hydrogens is 484 g/mol. The Labute approximate surface area is 208 Å². The Morgan fingerprint density at radius 2 is 2.00 bits per heavy atom. The van der Waals surface area contributed by atoms with Crippen LogP contribution in [0.1, 0.15) is 28.8 Å². The third-order valence-corrected chi connectivity index (χ3v) is 7.97. The Kier molecular flexibility index (Phi) is 7.14. The van der Waals surface area contributed by atoms with Crippen LogP contribution in [-0.2, 0) is 10.0 Å². The van der Waals surface area contributed by atoms with E-state index in [0.717, 1.165) is 28.1 Å². The van der Waals surface area contributed by atoms with Crippen LogP contribution in [0.2, 0.25) is 0 Å². The molecule has 36 heavy (non-hydrogen) atoms. The molecule has 1 atom stereocenters. The molecule has 1 aromatic heterocycles. The van der Waals surface area contributed by atoms with Gasteiger partial charge in [0.15, 0.2) is 10.8 Å². The zero-order valence-corrected chi connectivity index (χ0v) is 21.0. The number of aliphatic hydroxyl groups is 1. The number of aryl methyl sites for hydroxylation is 1. The van der Waals surface area contributed by atoms with Gasteiger partial charge in [0.25, 0.3) is 0 Å². The van der Waals surface area contributed by atoms with E-state index in [1.165, 1.54) is 32.3 Å². The first-order valence-corrected chi connectivity index (χ1v) is 12.8. The Balaban J connectivity index is 1.72. The molecular formula is C24H27N6O5S+. The normalized spacial score (nSPS) is 15.8. The largest absolute Gasteiger partial charge is 0.493 e. The first-order chi connectivity index (χ1) is 17.1. The highest BCUT2D eigenvalue weighted by molar-refractivity contribution is 7.89. The van der Waals surface area contributed by atoms with Crippen LogP contribution in [0.4, 0.5) is 11.4 Å². The number of carbonyl (C=O) groups is 1. The van der Waals surface area contributed by atoms with Crippen LogP contribution in [-0.4, -0.2) is 67.1 Å². The number of anilines is 1. The van der Waals surface area contributed by atoms with Crippen molar-refractivity contribution in [2.45, 2.75) is 30.7 Å². The number of rotatable bonds is 6. The fourth-order valence-corrected chi connectivity index (χ4v) is 5.17. The van der Waals surface area contributed by atoms with E-state index >= 15 is 0 Å². The van der Waals surface area contributed by atoms with Crippen molar-refractivity contribution in [1.29, 1.82) is 0 Å². The maximum Gasteiger partial charge on any atom is 0.362 e. The van der Waals surface area contributed by atoms with Crippen molar-refractivity contribution >= 4 is 38.2 Å². The van der Waals surface area contributed by atoms with Gasteiger partial charge in [-0.05, 0) is 61.7 Å². The van der Waals surface area contributed by atoms with Gasteiger partial charge in [-0.1, -0.05) is 0 Å². The molecule has 188 valence electrons. The van der Waals surface area contributed by atoms with Gasteiger partial charge in [-0.2, -0.15) is 0 Å². The molecule has 12 heteroatoms. The molecule has 1 aliphatic rings. The number of carbonyl (C=O) groups excluding carboxylic acids is 1. The number of nitrogens with zero attached hydrogens (tertiary/aromatic N) is 6. The third-order valence-electron chi connectivity index (χ3n) is 6.16. The average molecular weight is 512 g/mol. The quantitative estimate of drug-likeness (QED) is 0.381. The smallest absolute Gasteiger partial charge is 0.362 e. The van der Waals surface area contributed by atoms with E-state index < -0.39 is 15.9 Å². The zero-order valence-electron chi connectivity index (χ0n) is 20.2. The Morgan fingerprint density at radius 3 is 2.72 bits per heavy atom. The molecule has 2 N–H and O–H groups in total. The van der Waals surface area contributed by atoms with Crippen molar-refractivity contribution in [3.05, 3.63) is 53.6 Å². The molecule has 0 saturated carbocycles. The minimum atomic E-state index is -3.79. The first-order valence-electron chi connectivity index (χ1n) is 11.3. The van der Waals surface area contributed by atoms with Crippen LogP contribution in [0.15, 0.2) is 57.6 Å². The number of aliphatic hydroxyl groups excluding tert-OH is 1. The van der Waals surface area contributed by atoms with Gasteiger partial charge in [-0.25, -0.2) is 17.7 Å². The van der Waals surface area contributed by atoms with Crippen molar-refractivity contribution in [3.63, 3.8) is 0 Å². The maximum absolute atomic E-state index is 13.1. The van der Waals surface area contributed by atoms with Crippen LogP contribution in [0.5, 0.6) is 5.88 Å². The summed E-state index contributed by atoms with van der Waals surface area (Å²) in [6.45, 7) is 2.36. The molecule has 1 unspecified atom stereocenters. The predicted octanol–water partition coefficient (Wildman–Crippen LogP) is 2.90. The highest BCUT2D eigenvalue weighted by Crippen LogP contribution is 2.31. The van der Waals surface area contributed by atoms with Crippen molar-refractivity contribution in [2.24, 2.45) is 10.2 Å². The molecule has 1 saturated heterocycles. The number of hydrogen-bond acceptors (Lipinski definition) is 8. The number of aromatic hydroxyl groups is 1. The van der Waals surface area contributed by atoms with Crippen molar-refractivity contribution < 1.29 is 23.4 Å². The Morgan fingerprint density at radius 1 is 1.22 bits per heavy atom. The minimum Gasteiger partial charge on any atom is -0.493 e. The fraction of sp³-hybridized carbons (Fsp3) is 0.333. The van der Waals surface area contributed by atoms with Crippen LogP contribution in [0.3, 0.4) is 0 Å². The molecule has 2 aromatic carbocycles. The molecule has 3 aromatic rings. The van der Waals surface area contributed by atoms with Crippen molar-refractivity contribution in [3.8, 4) is 5.88 Å². The molecule has 0 radical (unpaired) electrons. The van der Waals surface area contributed by atoms with Gasteiger partial charge in [0, 0.05) is 32.1 Å². The van der Waals surface area contributed by atoms with Gasteiger partial charge in [-0.15, -0.1) is 0 Å². The SMILES string of the molecule is Cc1cc(O)nc2ccc(N=[N+]=NC(=O)c3cc(S(=O)(=O)N(C)C)ccc3N3CCCC3CO)cc12. The van der Waals surface area contributed by atoms with E-state index in [4.69, 9.17) is 0 Å². The summed E-state index contributed by atoms with van der Waals surface area (Å²) < 4.78 is 26.4. The van der Waals surface area contributed by atoms with Gasteiger partial charge in [0.2, 0.25) is 25.9 Å². The van der Waals surface area contributed by atoms with E-state index in [1.807, 2.05) is 11.8 Å². The van der Waals surface area contributed by atoms with Gasteiger partial charge in [-0.3, -0.25) is 4.79 Å². The standard InChI is InChI=1S/C24H26N6O5S/c1-15-11-23(32)25-21-8-6-16(12-19(15)21)26-28-27-24(33)20-13-18(36(34,35)29(2)3)7-9-22(20)30-10-4-5-17(30)14-31/h6-9,11-13,17,31H,4-5,10,14H2,1-3H3/p+1.